The number of carbonyl (C=O) groups excluding carboxylic acids is 1. The van der Waals surface area contributed by atoms with Crippen molar-refractivity contribution >= 4 is 38.6 Å². The first-order valence-corrected chi connectivity index (χ1v) is 12.0. The van der Waals surface area contributed by atoms with Crippen LogP contribution in [0.15, 0.2) is 53.9 Å². The fourth-order valence-corrected chi connectivity index (χ4v) is 4.70. The van der Waals surface area contributed by atoms with Crippen molar-refractivity contribution in [2.45, 2.75) is 20.3 Å². The summed E-state index contributed by atoms with van der Waals surface area (Å²) in [6, 6.07) is 14.9. The highest BCUT2D eigenvalue weighted by atomic mass is 32.2. The molecule has 29 heavy (non-hydrogen) atoms. The van der Waals surface area contributed by atoms with Crippen LogP contribution >= 0.6 is 11.3 Å². The van der Waals surface area contributed by atoms with Crippen LogP contribution in [-0.4, -0.2) is 32.1 Å². The number of carbonyl (C=O) groups is 1. The second-order valence-corrected chi connectivity index (χ2v) is 9.26. The van der Waals surface area contributed by atoms with Crippen molar-refractivity contribution < 1.29 is 13.2 Å². The third-order valence-electron chi connectivity index (χ3n) is 4.38. The predicted molar refractivity (Wildman–Crippen MR) is 120 cm³/mol. The zero-order valence-corrected chi connectivity index (χ0v) is 18.2. The molecule has 0 aliphatic heterocycles. The largest absolute Gasteiger partial charge is 0.326 e. The van der Waals surface area contributed by atoms with Crippen LogP contribution in [0.25, 0.3) is 21.8 Å². The van der Waals surface area contributed by atoms with E-state index < -0.39 is 10.0 Å². The van der Waals surface area contributed by atoms with Crippen LogP contribution in [0.5, 0.6) is 0 Å². The van der Waals surface area contributed by atoms with Gasteiger partial charge in [0.25, 0.3) is 0 Å². The molecule has 8 heteroatoms. The maximum absolute atomic E-state index is 11.9. The quantitative estimate of drug-likeness (QED) is 0.595. The average Bonchev–Trinajstić information content (AvgIpc) is 3.18. The first-order valence-electron chi connectivity index (χ1n) is 9.25. The summed E-state index contributed by atoms with van der Waals surface area (Å²) in [5, 5.41) is 5.68. The van der Waals surface area contributed by atoms with Crippen molar-refractivity contribution in [3.05, 3.63) is 53.9 Å². The Hall–Kier alpha value is -2.71. The van der Waals surface area contributed by atoms with Gasteiger partial charge in [0.15, 0.2) is 0 Å². The average molecular weight is 430 g/mol. The number of amides is 1. The fraction of sp³-hybridized carbons (Fsp3) is 0.238. The summed E-state index contributed by atoms with van der Waals surface area (Å²) in [5.41, 5.74) is 4.13. The van der Waals surface area contributed by atoms with Gasteiger partial charge in [0.2, 0.25) is 15.9 Å². The minimum absolute atomic E-state index is 0.0183. The van der Waals surface area contributed by atoms with Gasteiger partial charge in [-0.05, 0) is 43.3 Å². The van der Waals surface area contributed by atoms with E-state index in [-0.39, 0.29) is 5.91 Å². The molecule has 0 bridgehead atoms. The van der Waals surface area contributed by atoms with Gasteiger partial charge in [0, 0.05) is 35.2 Å². The summed E-state index contributed by atoms with van der Waals surface area (Å²) in [5.74, 6) is -0.0183. The summed E-state index contributed by atoms with van der Waals surface area (Å²) in [4.78, 5) is 16.2. The number of thiazole rings is 1. The topological polar surface area (TPSA) is 79.4 Å². The Bertz CT molecular complexity index is 1090. The van der Waals surface area contributed by atoms with Crippen LogP contribution in [0.3, 0.4) is 0 Å². The van der Waals surface area contributed by atoms with Gasteiger partial charge in [-0.25, -0.2) is 13.4 Å². The molecule has 3 rings (SSSR count). The number of hydrogen-bond donors (Lipinski definition) is 1. The number of anilines is 2. The zero-order chi connectivity index (χ0) is 21.0. The number of sulfonamides is 1. The SMILES string of the molecule is CCC(=O)Nc1ccc(-c2nc(-c3ccc(N(CC)S(C)(=O)=O)cc3)cs2)cc1. The Morgan fingerprint density at radius 1 is 1.03 bits per heavy atom. The van der Waals surface area contributed by atoms with Gasteiger partial charge in [-0.2, -0.15) is 0 Å². The van der Waals surface area contributed by atoms with E-state index in [0.717, 1.165) is 27.5 Å². The molecule has 0 spiro atoms. The van der Waals surface area contributed by atoms with Gasteiger partial charge in [-0.3, -0.25) is 9.10 Å². The lowest BCUT2D eigenvalue weighted by atomic mass is 10.1. The van der Waals surface area contributed by atoms with Crippen LogP contribution in [0.1, 0.15) is 20.3 Å². The van der Waals surface area contributed by atoms with Gasteiger partial charge < -0.3 is 5.32 Å². The van der Waals surface area contributed by atoms with E-state index in [2.05, 4.69) is 5.32 Å². The van der Waals surface area contributed by atoms with Gasteiger partial charge >= 0.3 is 0 Å². The monoisotopic (exact) mass is 429 g/mol. The fourth-order valence-electron chi connectivity index (χ4n) is 2.89. The molecule has 1 heterocycles. The summed E-state index contributed by atoms with van der Waals surface area (Å²) < 4.78 is 25.1. The predicted octanol–water partition coefficient (Wildman–Crippen LogP) is 4.61. The molecule has 152 valence electrons. The minimum Gasteiger partial charge on any atom is -0.326 e. The molecule has 3 aromatic rings. The highest BCUT2D eigenvalue weighted by Crippen LogP contribution is 2.30. The standard InChI is InChI=1S/C21H23N3O3S2/c1-4-20(25)22-17-10-6-16(7-11-17)21-23-19(14-28-21)15-8-12-18(13-9-15)24(5-2)29(3,26)27/h6-14H,4-5H2,1-3H3,(H,22,25). The number of nitrogens with zero attached hydrogens (tertiary/aromatic N) is 2. The van der Waals surface area contributed by atoms with E-state index in [1.54, 1.807) is 19.1 Å². The lowest BCUT2D eigenvalue weighted by Gasteiger charge is -2.20. The zero-order valence-electron chi connectivity index (χ0n) is 16.5. The Morgan fingerprint density at radius 3 is 2.21 bits per heavy atom. The first-order chi connectivity index (χ1) is 13.8. The Kier molecular flexibility index (Phi) is 6.34. The van der Waals surface area contributed by atoms with E-state index >= 15 is 0 Å². The van der Waals surface area contributed by atoms with Crippen LogP contribution in [-0.2, 0) is 14.8 Å². The lowest BCUT2D eigenvalue weighted by molar-refractivity contribution is -0.115. The van der Waals surface area contributed by atoms with Crippen LogP contribution in [0.4, 0.5) is 11.4 Å². The van der Waals surface area contributed by atoms with Gasteiger partial charge in [-0.15, -0.1) is 11.3 Å². The maximum atomic E-state index is 11.9. The van der Waals surface area contributed by atoms with Crippen LogP contribution < -0.4 is 9.62 Å². The highest BCUT2D eigenvalue weighted by molar-refractivity contribution is 7.92. The summed E-state index contributed by atoms with van der Waals surface area (Å²) in [6.45, 7) is 4.00. The van der Waals surface area contributed by atoms with Gasteiger partial charge in [0.05, 0.1) is 17.6 Å². The Morgan fingerprint density at radius 2 is 1.66 bits per heavy atom. The number of hydrogen-bond acceptors (Lipinski definition) is 5. The molecule has 1 N–H and O–H groups in total. The third kappa shape index (κ3) is 5.02. The summed E-state index contributed by atoms with van der Waals surface area (Å²) >= 11 is 1.54. The third-order valence-corrected chi connectivity index (χ3v) is 6.54. The van der Waals surface area contributed by atoms with Crippen LogP contribution in [0, 0.1) is 0 Å². The van der Waals surface area contributed by atoms with Crippen molar-refractivity contribution in [1.29, 1.82) is 0 Å². The molecule has 0 unspecified atom stereocenters. The molecule has 0 fully saturated rings. The number of benzene rings is 2. The molecule has 0 radical (unpaired) electrons. The molecule has 0 saturated heterocycles. The normalized spacial score (nSPS) is 11.3. The molecule has 0 aliphatic rings. The van der Waals surface area contributed by atoms with Crippen molar-refractivity contribution in [2.24, 2.45) is 0 Å². The molecule has 0 atom stereocenters. The van der Waals surface area contributed by atoms with Gasteiger partial charge in [-0.1, -0.05) is 19.1 Å². The van der Waals surface area contributed by atoms with E-state index in [9.17, 15) is 13.2 Å². The lowest BCUT2D eigenvalue weighted by Crippen LogP contribution is -2.29. The summed E-state index contributed by atoms with van der Waals surface area (Å²) in [7, 11) is -3.30. The molecule has 2 aromatic carbocycles. The second-order valence-electron chi connectivity index (χ2n) is 6.49. The minimum atomic E-state index is -3.30. The molecule has 0 aliphatic carbocycles. The number of rotatable bonds is 7. The van der Waals surface area contributed by atoms with E-state index in [4.69, 9.17) is 4.98 Å². The number of aromatic nitrogens is 1. The number of nitrogens with one attached hydrogen (secondary N) is 1. The maximum Gasteiger partial charge on any atom is 0.232 e. The Labute approximate surface area is 175 Å². The van der Waals surface area contributed by atoms with Crippen molar-refractivity contribution in [3.8, 4) is 21.8 Å². The molecule has 1 amide bonds. The van der Waals surface area contributed by atoms with E-state index in [1.807, 2.05) is 48.7 Å². The van der Waals surface area contributed by atoms with Crippen LogP contribution in [0.2, 0.25) is 0 Å². The smallest absolute Gasteiger partial charge is 0.232 e. The first kappa shape index (κ1) is 21.0. The molecule has 1 aromatic heterocycles. The van der Waals surface area contributed by atoms with E-state index in [1.165, 1.54) is 21.9 Å². The van der Waals surface area contributed by atoms with E-state index in [0.29, 0.717) is 18.7 Å². The highest BCUT2D eigenvalue weighted by Gasteiger charge is 2.15. The molecule has 0 saturated carbocycles. The van der Waals surface area contributed by atoms with Crippen molar-refractivity contribution in [1.82, 2.24) is 4.98 Å². The molecule has 6 nitrogen and oxygen atoms in total. The van der Waals surface area contributed by atoms with Gasteiger partial charge in [0.1, 0.15) is 5.01 Å². The Balaban J connectivity index is 1.78. The molecular formula is C21H23N3O3S2. The van der Waals surface area contributed by atoms with Crippen molar-refractivity contribution in [3.63, 3.8) is 0 Å². The summed E-state index contributed by atoms with van der Waals surface area (Å²) in [6.07, 6.45) is 1.65. The molecular weight excluding hydrogens is 406 g/mol. The van der Waals surface area contributed by atoms with Crippen molar-refractivity contribution in [2.75, 3.05) is 22.4 Å². The second kappa shape index (κ2) is 8.75.